The summed E-state index contributed by atoms with van der Waals surface area (Å²) in [6.07, 6.45) is 2.25. The molecular weight excluding hydrogens is 222 g/mol. The highest BCUT2D eigenvalue weighted by Gasteiger charge is 2.06. The van der Waals surface area contributed by atoms with Crippen LogP contribution in [0.4, 0.5) is 0 Å². The molecule has 6 heteroatoms. The molecular formula is C11H17N3O3. The first-order chi connectivity index (χ1) is 7.93. The number of amides is 1. The van der Waals surface area contributed by atoms with Crippen LogP contribution in [0, 0.1) is 0 Å². The third-order valence-corrected chi connectivity index (χ3v) is 2.51. The number of hydrogen-bond donors (Lipinski definition) is 0. The quantitative estimate of drug-likeness (QED) is 0.706. The SMILES string of the molecule is CN(C)C(=O)CCCn1c(=O)ccn(C)c1=O. The van der Waals surface area contributed by atoms with Crippen LogP contribution in [0.2, 0.25) is 0 Å². The maximum Gasteiger partial charge on any atom is 0.330 e. The van der Waals surface area contributed by atoms with Gasteiger partial charge < -0.3 is 9.47 Å². The van der Waals surface area contributed by atoms with E-state index < -0.39 is 0 Å². The van der Waals surface area contributed by atoms with Crippen LogP contribution in [0.15, 0.2) is 21.9 Å². The second kappa shape index (κ2) is 5.47. The Hall–Kier alpha value is -1.85. The summed E-state index contributed by atoms with van der Waals surface area (Å²) in [5, 5.41) is 0. The summed E-state index contributed by atoms with van der Waals surface area (Å²) in [4.78, 5) is 35.9. The van der Waals surface area contributed by atoms with Crippen LogP contribution in [0.25, 0.3) is 0 Å². The number of aromatic nitrogens is 2. The Morgan fingerprint density at radius 3 is 2.59 bits per heavy atom. The topological polar surface area (TPSA) is 64.3 Å². The van der Waals surface area contributed by atoms with E-state index in [0.717, 1.165) is 4.57 Å². The van der Waals surface area contributed by atoms with Gasteiger partial charge in [-0.05, 0) is 6.42 Å². The predicted molar refractivity (Wildman–Crippen MR) is 63.9 cm³/mol. The first-order valence-corrected chi connectivity index (χ1v) is 5.40. The molecule has 0 atom stereocenters. The Balaban J connectivity index is 2.71. The summed E-state index contributed by atoms with van der Waals surface area (Å²) in [5.74, 6) is -0.00851. The van der Waals surface area contributed by atoms with E-state index in [1.165, 1.54) is 21.7 Å². The maximum atomic E-state index is 11.6. The van der Waals surface area contributed by atoms with Crippen LogP contribution < -0.4 is 11.2 Å². The molecule has 0 N–H and O–H groups in total. The average molecular weight is 239 g/mol. The van der Waals surface area contributed by atoms with E-state index in [1.54, 1.807) is 21.1 Å². The van der Waals surface area contributed by atoms with E-state index in [-0.39, 0.29) is 23.7 Å². The highest BCUT2D eigenvalue weighted by atomic mass is 16.2. The van der Waals surface area contributed by atoms with Gasteiger partial charge in [0.2, 0.25) is 5.91 Å². The minimum atomic E-state index is -0.352. The molecule has 0 aliphatic rings. The van der Waals surface area contributed by atoms with Gasteiger partial charge in [0, 0.05) is 46.4 Å². The molecule has 0 aliphatic carbocycles. The predicted octanol–water partition coefficient (Wildman–Crippen LogP) is -0.585. The second-order valence-corrected chi connectivity index (χ2v) is 4.09. The van der Waals surface area contributed by atoms with Gasteiger partial charge in [-0.15, -0.1) is 0 Å². The fourth-order valence-corrected chi connectivity index (χ4v) is 1.43. The molecule has 0 unspecified atom stereocenters. The van der Waals surface area contributed by atoms with E-state index >= 15 is 0 Å². The molecule has 0 spiro atoms. The number of carbonyl (C=O) groups excluding carboxylic acids is 1. The summed E-state index contributed by atoms with van der Waals surface area (Å²) in [6.45, 7) is 0.270. The van der Waals surface area contributed by atoms with Gasteiger partial charge >= 0.3 is 5.69 Å². The van der Waals surface area contributed by atoms with Gasteiger partial charge in [-0.3, -0.25) is 14.2 Å². The lowest BCUT2D eigenvalue weighted by atomic mass is 10.3. The van der Waals surface area contributed by atoms with Gasteiger partial charge in [-0.2, -0.15) is 0 Å². The lowest BCUT2D eigenvalue weighted by Crippen LogP contribution is -2.38. The van der Waals surface area contributed by atoms with E-state index in [0.29, 0.717) is 12.8 Å². The zero-order chi connectivity index (χ0) is 13.0. The van der Waals surface area contributed by atoms with Gasteiger partial charge in [0.05, 0.1) is 0 Å². The molecule has 0 bridgehead atoms. The molecule has 0 fully saturated rings. The maximum absolute atomic E-state index is 11.6. The number of hydrogen-bond acceptors (Lipinski definition) is 3. The molecule has 0 saturated carbocycles. The minimum Gasteiger partial charge on any atom is -0.349 e. The van der Waals surface area contributed by atoms with Crippen molar-refractivity contribution in [3.8, 4) is 0 Å². The Morgan fingerprint density at radius 1 is 1.35 bits per heavy atom. The molecule has 0 aliphatic heterocycles. The van der Waals surface area contributed by atoms with Crippen molar-refractivity contribution < 1.29 is 4.79 Å². The number of nitrogens with zero attached hydrogens (tertiary/aromatic N) is 3. The van der Waals surface area contributed by atoms with Crippen molar-refractivity contribution in [2.45, 2.75) is 19.4 Å². The largest absolute Gasteiger partial charge is 0.349 e. The van der Waals surface area contributed by atoms with E-state index in [1.807, 2.05) is 0 Å². The summed E-state index contributed by atoms with van der Waals surface area (Å²) in [5.41, 5.74) is -0.680. The van der Waals surface area contributed by atoms with E-state index in [9.17, 15) is 14.4 Å². The fourth-order valence-electron chi connectivity index (χ4n) is 1.43. The molecule has 94 valence electrons. The summed E-state index contributed by atoms with van der Waals surface area (Å²) in [7, 11) is 4.94. The average Bonchev–Trinajstić information content (AvgIpc) is 2.28. The molecule has 1 aromatic heterocycles. The van der Waals surface area contributed by atoms with Crippen LogP contribution in [-0.4, -0.2) is 34.0 Å². The molecule has 1 amide bonds. The van der Waals surface area contributed by atoms with Crippen molar-refractivity contribution in [1.82, 2.24) is 14.0 Å². The van der Waals surface area contributed by atoms with Crippen molar-refractivity contribution in [2.24, 2.45) is 7.05 Å². The minimum absolute atomic E-state index is 0.00851. The molecule has 0 saturated heterocycles. The summed E-state index contributed by atoms with van der Waals surface area (Å²) >= 11 is 0. The van der Waals surface area contributed by atoms with Gasteiger partial charge in [0.25, 0.3) is 5.56 Å². The lowest BCUT2D eigenvalue weighted by molar-refractivity contribution is -0.128. The van der Waals surface area contributed by atoms with Gasteiger partial charge in [-0.1, -0.05) is 0 Å². The summed E-state index contributed by atoms with van der Waals surface area (Å²) < 4.78 is 2.48. The highest BCUT2D eigenvalue weighted by Crippen LogP contribution is 1.94. The summed E-state index contributed by atoms with van der Waals surface area (Å²) in [6, 6.07) is 1.34. The molecule has 0 radical (unpaired) electrons. The van der Waals surface area contributed by atoms with Crippen LogP contribution >= 0.6 is 0 Å². The smallest absolute Gasteiger partial charge is 0.330 e. The zero-order valence-electron chi connectivity index (χ0n) is 10.3. The Morgan fingerprint density at radius 2 is 2.00 bits per heavy atom. The van der Waals surface area contributed by atoms with Crippen LogP contribution in [-0.2, 0) is 18.4 Å². The molecule has 1 rings (SSSR count). The molecule has 17 heavy (non-hydrogen) atoms. The third kappa shape index (κ3) is 3.30. The first kappa shape index (κ1) is 13.2. The Labute approximate surface area is 99.1 Å². The normalized spacial score (nSPS) is 10.3. The number of rotatable bonds is 4. The first-order valence-electron chi connectivity index (χ1n) is 5.40. The molecule has 0 aromatic carbocycles. The van der Waals surface area contributed by atoms with Gasteiger partial charge in [0.1, 0.15) is 0 Å². The highest BCUT2D eigenvalue weighted by molar-refractivity contribution is 5.75. The van der Waals surface area contributed by atoms with Gasteiger partial charge in [0.15, 0.2) is 0 Å². The van der Waals surface area contributed by atoms with Crippen LogP contribution in [0.1, 0.15) is 12.8 Å². The lowest BCUT2D eigenvalue weighted by Gasteiger charge is -2.10. The number of aryl methyl sites for hydroxylation is 1. The van der Waals surface area contributed by atoms with Crippen molar-refractivity contribution in [1.29, 1.82) is 0 Å². The molecule has 1 heterocycles. The van der Waals surface area contributed by atoms with Crippen molar-refractivity contribution in [3.05, 3.63) is 33.1 Å². The van der Waals surface area contributed by atoms with Crippen molar-refractivity contribution in [3.63, 3.8) is 0 Å². The standard InChI is InChI=1S/C11H17N3O3/c1-12(2)9(15)5-4-7-14-10(16)6-8-13(3)11(14)17/h6,8H,4-5,7H2,1-3H3. The number of carbonyl (C=O) groups is 1. The monoisotopic (exact) mass is 239 g/mol. The van der Waals surface area contributed by atoms with Crippen molar-refractivity contribution in [2.75, 3.05) is 14.1 Å². The van der Waals surface area contributed by atoms with Crippen LogP contribution in [0.5, 0.6) is 0 Å². The second-order valence-electron chi connectivity index (χ2n) is 4.09. The van der Waals surface area contributed by atoms with Crippen molar-refractivity contribution >= 4 is 5.91 Å². The van der Waals surface area contributed by atoms with E-state index in [2.05, 4.69) is 0 Å². The van der Waals surface area contributed by atoms with E-state index in [4.69, 9.17) is 0 Å². The Kier molecular flexibility index (Phi) is 4.25. The van der Waals surface area contributed by atoms with Crippen LogP contribution in [0.3, 0.4) is 0 Å². The third-order valence-electron chi connectivity index (χ3n) is 2.51. The Bertz CT molecular complexity index is 513. The fraction of sp³-hybridized carbons (Fsp3) is 0.545. The van der Waals surface area contributed by atoms with Gasteiger partial charge in [-0.25, -0.2) is 4.79 Å². The molecule has 1 aromatic rings. The zero-order valence-corrected chi connectivity index (χ0v) is 10.3. The molecule has 6 nitrogen and oxygen atoms in total.